The number of hydrogen-bond donors (Lipinski definition) is 2. The molecule has 0 aromatic heterocycles. The molecule has 2 aromatic carbocycles. The number of carbonyl (C=O) groups is 1. The van der Waals surface area contributed by atoms with Gasteiger partial charge in [-0.2, -0.15) is 8.42 Å². The highest BCUT2D eigenvalue weighted by atomic mass is 32.2. The monoisotopic (exact) mass is 357 g/mol. The summed E-state index contributed by atoms with van der Waals surface area (Å²) in [5.74, 6) is 0.255. The molecule has 0 saturated heterocycles. The molecule has 130 valence electrons. The van der Waals surface area contributed by atoms with Gasteiger partial charge < -0.3 is 10.6 Å². The summed E-state index contributed by atoms with van der Waals surface area (Å²) in [6, 6.07) is 14.1. The summed E-state index contributed by atoms with van der Waals surface area (Å²) in [6.45, 7) is 2.89. The summed E-state index contributed by atoms with van der Waals surface area (Å²) < 4.78 is 27.7. The summed E-state index contributed by atoms with van der Waals surface area (Å²) in [5, 5.41) is 5.90. The predicted molar refractivity (Wildman–Crippen MR) is 96.3 cm³/mol. The predicted octanol–water partition coefficient (Wildman–Crippen LogP) is 1.85. The zero-order valence-corrected chi connectivity index (χ0v) is 14.6. The van der Waals surface area contributed by atoms with Gasteiger partial charge in [0.25, 0.3) is 15.9 Å². The van der Waals surface area contributed by atoms with E-state index in [4.69, 9.17) is 0 Å². The first kappa shape index (κ1) is 17.2. The summed E-state index contributed by atoms with van der Waals surface area (Å²) >= 11 is 0. The molecule has 0 unspecified atom stereocenters. The molecule has 25 heavy (non-hydrogen) atoms. The topological polar surface area (TPSA) is 87.6 Å². The second-order valence-electron chi connectivity index (χ2n) is 5.76. The smallest absolute Gasteiger partial charge is 0.285 e. The van der Waals surface area contributed by atoms with E-state index in [1.165, 1.54) is 0 Å². The average molecular weight is 357 g/mol. The standard InChI is InChI=1S/C18H19N3O3S/c1-13-7-2-3-8-14(13)18(22)20-12-6-11-19-17-15-9-4-5-10-16(15)25(23,24)21-17/h2-5,7-10H,6,11-12H2,1H3,(H,19,21)(H,20,22). The van der Waals surface area contributed by atoms with Gasteiger partial charge in [0.05, 0.1) is 0 Å². The molecule has 2 aromatic rings. The fourth-order valence-electron chi connectivity index (χ4n) is 2.65. The van der Waals surface area contributed by atoms with Gasteiger partial charge in [-0.15, -0.1) is 4.40 Å². The van der Waals surface area contributed by atoms with Crippen molar-refractivity contribution in [1.29, 1.82) is 0 Å². The van der Waals surface area contributed by atoms with E-state index >= 15 is 0 Å². The lowest BCUT2D eigenvalue weighted by atomic mass is 10.1. The van der Waals surface area contributed by atoms with Crippen LogP contribution in [0, 0.1) is 6.92 Å². The second-order valence-corrected chi connectivity index (χ2v) is 7.33. The van der Waals surface area contributed by atoms with Gasteiger partial charge in [-0.05, 0) is 37.1 Å². The normalized spacial score (nSPS) is 14.5. The number of amides is 1. The number of sulfonamides is 1. The lowest BCUT2D eigenvalue weighted by Crippen LogP contribution is -2.30. The van der Waals surface area contributed by atoms with Crippen LogP contribution in [0.25, 0.3) is 0 Å². The van der Waals surface area contributed by atoms with Gasteiger partial charge in [0.1, 0.15) is 10.7 Å². The van der Waals surface area contributed by atoms with E-state index in [0.717, 1.165) is 5.56 Å². The molecule has 1 amide bonds. The Kier molecular flexibility index (Phi) is 4.85. The molecule has 1 aliphatic heterocycles. The van der Waals surface area contributed by atoms with Gasteiger partial charge >= 0.3 is 0 Å². The molecule has 1 aliphatic rings. The number of hydrogen-bond acceptors (Lipinski definition) is 4. The molecule has 6 nitrogen and oxygen atoms in total. The van der Waals surface area contributed by atoms with Gasteiger partial charge in [0, 0.05) is 24.2 Å². The molecule has 0 atom stereocenters. The zero-order chi connectivity index (χ0) is 17.9. The Morgan fingerprint density at radius 1 is 1.04 bits per heavy atom. The number of amidine groups is 1. The molecular formula is C18H19N3O3S. The number of benzene rings is 2. The first-order valence-electron chi connectivity index (χ1n) is 8.01. The number of fused-ring (bicyclic) bond motifs is 1. The van der Waals surface area contributed by atoms with Crippen LogP contribution in [0.3, 0.4) is 0 Å². The maximum Gasteiger partial charge on any atom is 0.285 e. The van der Waals surface area contributed by atoms with Crippen molar-refractivity contribution in [2.75, 3.05) is 13.1 Å². The molecule has 2 N–H and O–H groups in total. The van der Waals surface area contributed by atoms with E-state index in [0.29, 0.717) is 36.5 Å². The molecule has 0 bridgehead atoms. The number of aryl methyl sites for hydroxylation is 1. The van der Waals surface area contributed by atoms with Crippen molar-refractivity contribution in [2.45, 2.75) is 18.2 Å². The van der Waals surface area contributed by atoms with Gasteiger partial charge in [0.2, 0.25) is 0 Å². The van der Waals surface area contributed by atoms with Crippen molar-refractivity contribution in [2.24, 2.45) is 4.40 Å². The molecule has 0 saturated carbocycles. The quantitative estimate of drug-likeness (QED) is 0.800. The second kappa shape index (κ2) is 7.06. The van der Waals surface area contributed by atoms with Crippen LogP contribution < -0.4 is 10.6 Å². The van der Waals surface area contributed by atoms with E-state index in [1.807, 2.05) is 25.1 Å². The Hall–Kier alpha value is -2.67. The lowest BCUT2D eigenvalue weighted by molar-refractivity contribution is 0.0952. The molecule has 7 heteroatoms. The van der Waals surface area contributed by atoms with Crippen LogP contribution in [0.2, 0.25) is 0 Å². The number of carbonyl (C=O) groups excluding carboxylic acids is 1. The van der Waals surface area contributed by atoms with E-state index in [1.54, 1.807) is 30.3 Å². The number of nitrogens with one attached hydrogen (secondary N) is 2. The fourth-order valence-corrected chi connectivity index (χ4v) is 3.85. The van der Waals surface area contributed by atoms with E-state index in [-0.39, 0.29) is 10.8 Å². The van der Waals surface area contributed by atoms with E-state index < -0.39 is 10.0 Å². The van der Waals surface area contributed by atoms with Crippen LogP contribution in [-0.2, 0) is 10.0 Å². The van der Waals surface area contributed by atoms with Crippen LogP contribution in [-0.4, -0.2) is 33.3 Å². The van der Waals surface area contributed by atoms with Crippen molar-refractivity contribution in [3.05, 3.63) is 65.2 Å². The van der Waals surface area contributed by atoms with Crippen molar-refractivity contribution < 1.29 is 13.2 Å². The Balaban J connectivity index is 1.50. The molecule has 0 radical (unpaired) electrons. The Morgan fingerprint density at radius 3 is 2.56 bits per heavy atom. The highest BCUT2D eigenvalue weighted by molar-refractivity contribution is 7.90. The van der Waals surface area contributed by atoms with Gasteiger partial charge in [0.15, 0.2) is 0 Å². The highest BCUT2D eigenvalue weighted by Crippen LogP contribution is 2.24. The van der Waals surface area contributed by atoms with Gasteiger partial charge in [-0.1, -0.05) is 30.3 Å². The Labute approximate surface area is 147 Å². The molecule has 0 spiro atoms. The van der Waals surface area contributed by atoms with Crippen LogP contribution in [0.5, 0.6) is 0 Å². The Bertz CT molecular complexity index is 936. The minimum absolute atomic E-state index is 0.107. The third kappa shape index (κ3) is 3.71. The van der Waals surface area contributed by atoms with Crippen LogP contribution in [0.4, 0.5) is 0 Å². The summed E-state index contributed by atoms with van der Waals surface area (Å²) in [7, 11) is -3.60. The van der Waals surface area contributed by atoms with Crippen molar-refractivity contribution in [1.82, 2.24) is 10.6 Å². The molecule has 0 fully saturated rings. The largest absolute Gasteiger partial charge is 0.369 e. The number of nitrogens with zero attached hydrogens (tertiary/aromatic N) is 1. The fraction of sp³-hybridized carbons (Fsp3) is 0.222. The van der Waals surface area contributed by atoms with E-state index in [2.05, 4.69) is 15.0 Å². The lowest BCUT2D eigenvalue weighted by Gasteiger charge is -2.09. The van der Waals surface area contributed by atoms with Crippen LogP contribution in [0.1, 0.15) is 27.9 Å². The van der Waals surface area contributed by atoms with Crippen molar-refractivity contribution >= 4 is 21.8 Å². The average Bonchev–Trinajstić information content (AvgIpc) is 2.86. The highest BCUT2D eigenvalue weighted by Gasteiger charge is 2.27. The van der Waals surface area contributed by atoms with Crippen molar-refractivity contribution in [3.63, 3.8) is 0 Å². The third-order valence-electron chi connectivity index (χ3n) is 3.95. The van der Waals surface area contributed by atoms with Crippen LogP contribution >= 0.6 is 0 Å². The summed E-state index contributed by atoms with van der Waals surface area (Å²) in [4.78, 5) is 12.3. The first-order valence-corrected chi connectivity index (χ1v) is 9.45. The minimum atomic E-state index is -3.60. The van der Waals surface area contributed by atoms with Gasteiger partial charge in [-0.25, -0.2) is 0 Å². The number of rotatable bonds is 5. The Morgan fingerprint density at radius 2 is 1.76 bits per heavy atom. The van der Waals surface area contributed by atoms with Crippen molar-refractivity contribution in [3.8, 4) is 0 Å². The minimum Gasteiger partial charge on any atom is -0.369 e. The zero-order valence-electron chi connectivity index (χ0n) is 13.8. The third-order valence-corrected chi connectivity index (χ3v) is 5.29. The molecular weight excluding hydrogens is 338 g/mol. The maximum atomic E-state index is 12.1. The van der Waals surface area contributed by atoms with Gasteiger partial charge in [-0.3, -0.25) is 4.79 Å². The summed E-state index contributed by atoms with van der Waals surface area (Å²) in [6.07, 6.45) is 0.652. The first-order chi connectivity index (χ1) is 12.0. The molecule has 0 aliphatic carbocycles. The van der Waals surface area contributed by atoms with E-state index in [9.17, 15) is 13.2 Å². The summed E-state index contributed by atoms with van der Waals surface area (Å²) in [5.41, 5.74) is 2.18. The molecule has 1 heterocycles. The van der Waals surface area contributed by atoms with Crippen LogP contribution in [0.15, 0.2) is 57.8 Å². The molecule has 3 rings (SSSR count). The maximum absolute atomic E-state index is 12.1. The SMILES string of the molecule is Cc1ccccc1C(=O)NCCCNC1=NS(=O)(=O)c2ccccc21.